The molecule has 2 aliphatic rings. The van der Waals surface area contributed by atoms with Crippen LogP contribution in [-0.2, 0) is 11.3 Å². The number of halogens is 1. The molecule has 1 saturated heterocycles. The molecule has 4 N–H and O–H groups in total. The maximum Gasteiger partial charge on any atom is 0.404 e. The Morgan fingerprint density at radius 1 is 1.32 bits per heavy atom. The maximum absolute atomic E-state index is 12.6. The van der Waals surface area contributed by atoms with Gasteiger partial charge in [0.25, 0.3) is 0 Å². The number of carboxylic acid groups (broad SMARTS) is 1. The highest BCUT2D eigenvalue weighted by atomic mass is 79.9. The number of aryl methyl sites for hydroxylation is 1. The number of piperidine rings is 1. The van der Waals surface area contributed by atoms with Crippen molar-refractivity contribution in [2.75, 3.05) is 26.4 Å². The molecule has 2 aliphatic heterocycles. The summed E-state index contributed by atoms with van der Waals surface area (Å²) >= 11 is 5.01. The Labute approximate surface area is 230 Å². The van der Waals surface area contributed by atoms with Gasteiger partial charge in [-0.05, 0) is 53.2 Å². The smallest absolute Gasteiger partial charge is 0.404 e. The SMILES string of the molecule is C[C@@H](CNC(=O)O)C(=O)N1CCC(CCn2cnc(=N)c3[nH]c(Sc4cc5c(cc4Br)OCO5)nc32)CC1. The molecule has 2 amide bonds. The Kier molecular flexibility index (Phi) is 7.79. The Hall–Kier alpha value is -3.26. The van der Waals surface area contributed by atoms with E-state index in [1.807, 2.05) is 21.6 Å². The summed E-state index contributed by atoms with van der Waals surface area (Å²) in [6, 6.07) is 3.77. The summed E-state index contributed by atoms with van der Waals surface area (Å²) in [4.78, 5) is 38.3. The predicted molar refractivity (Wildman–Crippen MR) is 141 cm³/mol. The summed E-state index contributed by atoms with van der Waals surface area (Å²) in [7, 11) is 0. The first-order chi connectivity index (χ1) is 18.3. The lowest BCUT2D eigenvalue weighted by Gasteiger charge is -2.33. The molecule has 5 rings (SSSR count). The number of rotatable bonds is 8. The molecule has 0 bridgehead atoms. The number of benzene rings is 1. The fourth-order valence-corrected chi connectivity index (χ4v) is 6.04. The third-order valence-electron chi connectivity index (χ3n) is 6.82. The average molecular weight is 607 g/mol. The molecular weight excluding hydrogens is 578 g/mol. The summed E-state index contributed by atoms with van der Waals surface area (Å²) in [6.45, 7) is 4.10. The topological polar surface area (TPSA) is 158 Å². The first-order valence-corrected chi connectivity index (χ1v) is 13.9. The summed E-state index contributed by atoms with van der Waals surface area (Å²) in [5, 5.41) is 19.9. The van der Waals surface area contributed by atoms with Gasteiger partial charge in [-0.2, -0.15) is 0 Å². The van der Waals surface area contributed by atoms with Crippen LogP contribution in [-0.4, -0.2) is 68.0 Å². The van der Waals surface area contributed by atoms with Crippen molar-refractivity contribution in [1.29, 1.82) is 5.41 Å². The molecular formula is C24H28BrN7O5S. The van der Waals surface area contributed by atoms with Crippen molar-refractivity contribution in [1.82, 2.24) is 29.7 Å². The number of fused-ring (bicyclic) bond motifs is 2. The summed E-state index contributed by atoms with van der Waals surface area (Å²) in [6.07, 6.45) is 3.22. The van der Waals surface area contributed by atoms with E-state index in [4.69, 9.17) is 25.0 Å². The zero-order valence-corrected chi connectivity index (χ0v) is 23.1. The van der Waals surface area contributed by atoms with Crippen molar-refractivity contribution in [2.24, 2.45) is 11.8 Å². The van der Waals surface area contributed by atoms with E-state index < -0.39 is 6.09 Å². The van der Waals surface area contributed by atoms with E-state index >= 15 is 0 Å². The molecule has 14 heteroatoms. The molecule has 0 unspecified atom stereocenters. The number of aromatic nitrogens is 4. The molecule has 4 heterocycles. The number of nitrogens with one attached hydrogen (secondary N) is 3. The second kappa shape index (κ2) is 11.2. The molecule has 3 aromatic rings. The van der Waals surface area contributed by atoms with Gasteiger partial charge in [0.1, 0.15) is 5.52 Å². The monoisotopic (exact) mass is 605 g/mol. The van der Waals surface area contributed by atoms with Gasteiger partial charge in [0.2, 0.25) is 12.7 Å². The molecule has 1 aromatic carbocycles. The van der Waals surface area contributed by atoms with Gasteiger partial charge in [-0.25, -0.2) is 14.8 Å². The predicted octanol–water partition coefficient (Wildman–Crippen LogP) is 3.41. The number of hydrogen-bond donors (Lipinski definition) is 4. The quantitative estimate of drug-likeness (QED) is 0.304. The molecule has 2 aromatic heterocycles. The molecule has 0 spiro atoms. The molecule has 0 aliphatic carbocycles. The van der Waals surface area contributed by atoms with Crippen LogP contribution in [0.15, 0.2) is 33.0 Å². The van der Waals surface area contributed by atoms with Crippen molar-refractivity contribution >= 4 is 50.9 Å². The van der Waals surface area contributed by atoms with Crippen LogP contribution in [0.3, 0.4) is 0 Å². The van der Waals surface area contributed by atoms with E-state index in [1.165, 1.54) is 11.8 Å². The summed E-state index contributed by atoms with van der Waals surface area (Å²) in [5.41, 5.74) is 1.40. The van der Waals surface area contributed by atoms with Crippen LogP contribution < -0.4 is 20.3 Å². The number of likely N-dealkylation sites (tertiary alicyclic amines) is 1. The third kappa shape index (κ3) is 5.75. The Morgan fingerprint density at radius 2 is 2.05 bits per heavy atom. The van der Waals surface area contributed by atoms with Crippen molar-refractivity contribution in [3.05, 3.63) is 28.4 Å². The van der Waals surface area contributed by atoms with E-state index in [0.717, 1.165) is 28.6 Å². The molecule has 0 saturated carbocycles. The molecule has 0 radical (unpaired) electrons. The maximum atomic E-state index is 12.6. The van der Waals surface area contributed by atoms with Crippen molar-refractivity contribution in [3.63, 3.8) is 0 Å². The van der Waals surface area contributed by atoms with Gasteiger partial charge in [-0.1, -0.05) is 18.7 Å². The standard InChI is InChI=1S/C24H28BrN7O5S/c1-13(10-27-24(34)35)22(33)31-5-2-14(3-6-31)4-7-32-11-28-20(26)19-21(32)30-23(29-19)38-18-9-17-16(8-15(18)25)36-12-37-17/h8-9,11,13-14,26-27H,2-7,10,12H2,1H3,(H,29,30)(H,34,35)/t13-/m0/s1. The minimum absolute atomic E-state index is 0.0147. The number of H-pyrrole nitrogens is 1. The number of aromatic amines is 1. The number of imidazole rings is 1. The van der Waals surface area contributed by atoms with Crippen LogP contribution >= 0.6 is 27.7 Å². The first kappa shape index (κ1) is 26.4. The Balaban J connectivity index is 1.21. The van der Waals surface area contributed by atoms with Gasteiger partial charge < -0.3 is 34.3 Å². The third-order valence-corrected chi connectivity index (χ3v) is 8.68. The molecule has 1 fully saturated rings. The number of amides is 2. The highest BCUT2D eigenvalue weighted by molar-refractivity contribution is 9.10. The molecule has 12 nitrogen and oxygen atoms in total. The van der Waals surface area contributed by atoms with E-state index in [9.17, 15) is 9.59 Å². The van der Waals surface area contributed by atoms with Gasteiger partial charge in [0, 0.05) is 35.5 Å². The van der Waals surface area contributed by atoms with Gasteiger partial charge in [-0.15, -0.1) is 0 Å². The average Bonchev–Trinajstić information content (AvgIpc) is 3.54. The zero-order valence-electron chi connectivity index (χ0n) is 20.7. The number of hydrogen-bond acceptors (Lipinski definition) is 8. The second-order valence-corrected chi connectivity index (χ2v) is 11.3. The lowest BCUT2D eigenvalue weighted by molar-refractivity contribution is -0.136. The normalized spacial score (nSPS) is 16.1. The highest BCUT2D eigenvalue weighted by Crippen LogP contribution is 2.42. The highest BCUT2D eigenvalue weighted by Gasteiger charge is 2.26. The van der Waals surface area contributed by atoms with Crippen LogP contribution in [0.5, 0.6) is 11.5 Å². The number of nitrogens with zero attached hydrogens (tertiary/aromatic N) is 4. The number of carbonyl (C=O) groups is 2. The molecule has 38 heavy (non-hydrogen) atoms. The Morgan fingerprint density at radius 3 is 2.79 bits per heavy atom. The minimum atomic E-state index is -1.12. The number of ether oxygens (including phenoxy) is 2. The largest absolute Gasteiger partial charge is 0.465 e. The second-order valence-electron chi connectivity index (χ2n) is 9.41. The Bertz CT molecular complexity index is 1420. The van der Waals surface area contributed by atoms with Crippen LogP contribution in [0.25, 0.3) is 11.2 Å². The number of carbonyl (C=O) groups excluding carboxylic acids is 1. The van der Waals surface area contributed by atoms with Crippen LogP contribution in [0.4, 0.5) is 4.79 Å². The van der Waals surface area contributed by atoms with Gasteiger partial charge in [0.15, 0.2) is 27.8 Å². The zero-order chi connectivity index (χ0) is 26.8. The van der Waals surface area contributed by atoms with Crippen molar-refractivity contribution in [3.8, 4) is 11.5 Å². The van der Waals surface area contributed by atoms with E-state index in [1.54, 1.807) is 13.3 Å². The fraction of sp³-hybridized carbons (Fsp3) is 0.458. The van der Waals surface area contributed by atoms with Gasteiger partial charge in [-0.3, -0.25) is 10.2 Å². The van der Waals surface area contributed by atoms with Crippen LogP contribution in [0.1, 0.15) is 26.2 Å². The lowest BCUT2D eigenvalue weighted by Crippen LogP contribution is -2.44. The molecule has 1 atom stereocenters. The van der Waals surface area contributed by atoms with E-state index in [2.05, 4.69) is 31.2 Å². The minimum Gasteiger partial charge on any atom is -0.465 e. The van der Waals surface area contributed by atoms with Crippen LogP contribution in [0, 0.1) is 17.2 Å². The van der Waals surface area contributed by atoms with Crippen LogP contribution in [0.2, 0.25) is 0 Å². The first-order valence-electron chi connectivity index (χ1n) is 12.3. The fourth-order valence-electron chi connectivity index (χ4n) is 4.66. The van der Waals surface area contributed by atoms with Gasteiger partial charge in [0.05, 0.1) is 12.2 Å². The summed E-state index contributed by atoms with van der Waals surface area (Å²) < 4.78 is 13.8. The van der Waals surface area contributed by atoms with E-state index in [0.29, 0.717) is 53.4 Å². The summed E-state index contributed by atoms with van der Waals surface area (Å²) in [5.74, 6) is 1.43. The van der Waals surface area contributed by atoms with E-state index in [-0.39, 0.29) is 30.7 Å². The van der Waals surface area contributed by atoms with Gasteiger partial charge >= 0.3 is 6.09 Å². The van der Waals surface area contributed by atoms with Crippen molar-refractivity contribution < 1.29 is 24.2 Å². The molecule has 202 valence electrons. The lowest BCUT2D eigenvalue weighted by atomic mass is 9.93. The van der Waals surface area contributed by atoms with Crippen molar-refractivity contribution in [2.45, 2.75) is 42.8 Å².